The molecule has 0 saturated heterocycles. The van der Waals surface area contributed by atoms with Gasteiger partial charge in [0.1, 0.15) is 9.81 Å². The monoisotopic (exact) mass is 411 g/mol. The van der Waals surface area contributed by atoms with Crippen molar-refractivity contribution in [3.05, 3.63) is 46.8 Å². The third-order valence-electron chi connectivity index (χ3n) is 3.30. The number of carboxylic acid groups (broad SMARTS) is 1. The molecule has 0 atom stereocenters. The van der Waals surface area contributed by atoms with Crippen molar-refractivity contribution in [3.8, 4) is 0 Å². The molecular formula is C18H21NO6S2. The van der Waals surface area contributed by atoms with Crippen molar-refractivity contribution in [2.75, 3.05) is 0 Å². The van der Waals surface area contributed by atoms with Gasteiger partial charge in [0.05, 0.1) is 17.9 Å². The number of hydrogen-bond acceptors (Lipinski definition) is 6. The highest BCUT2D eigenvalue weighted by Crippen LogP contribution is 2.28. The Balaban J connectivity index is 2.07. The number of ether oxygens (including phenoxy) is 1. The highest BCUT2D eigenvalue weighted by molar-refractivity contribution is 7.93. The Hall–Kier alpha value is -2.39. The Labute approximate surface area is 161 Å². The largest absolute Gasteiger partial charge is 0.481 e. The zero-order valence-corrected chi connectivity index (χ0v) is 16.8. The van der Waals surface area contributed by atoms with Gasteiger partial charge in [-0.2, -0.15) is 0 Å². The molecule has 1 heterocycles. The molecule has 0 radical (unpaired) electrons. The van der Waals surface area contributed by atoms with E-state index in [1.165, 1.54) is 30.3 Å². The van der Waals surface area contributed by atoms with Crippen molar-refractivity contribution >= 4 is 33.2 Å². The van der Waals surface area contributed by atoms with Gasteiger partial charge in [-0.25, -0.2) is 13.2 Å². The van der Waals surface area contributed by atoms with Gasteiger partial charge < -0.3 is 15.2 Å². The lowest BCUT2D eigenvalue weighted by molar-refractivity contribution is -0.136. The van der Waals surface area contributed by atoms with Gasteiger partial charge in [0.2, 0.25) is 9.84 Å². The summed E-state index contributed by atoms with van der Waals surface area (Å²) in [7, 11) is -3.70. The summed E-state index contributed by atoms with van der Waals surface area (Å²) in [5.74, 6) is -0.981. The molecule has 2 aromatic rings. The van der Waals surface area contributed by atoms with E-state index in [2.05, 4.69) is 5.32 Å². The molecule has 0 saturated carbocycles. The van der Waals surface area contributed by atoms with Gasteiger partial charge in [-0.15, -0.1) is 11.3 Å². The van der Waals surface area contributed by atoms with Gasteiger partial charge in [0.25, 0.3) is 0 Å². The first kappa shape index (κ1) is 20.9. The van der Waals surface area contributed by atoms with E-state index in [9.17, 15) is 18.0 Å². The summed E-state index contributed by atoms with van der Waals surface area (Å²) in [6.07, 6.45) is -0.742. The molecule has 0 aliphatic carbocycles. The van der Waals surface area contributed by atoms with Crippen molar-refractivity contribution in [2.24, 2.45) is 0 Å². The second-order valence-electron chi connectivity index (χ2n) is 6.79. The molecule has 0 fully saturated rings. The molecule has 7 nitrogen and oxygen atoms in total. The standard InChI is InChI=1S/C18H21NO6S2/c1-18(2,3)25-17(22)19-11-13-6-9-16(26-13)27(23,24)14-7-4-12(5-8-14)10-15(20)21/h4-9H,10-11H2,1-3H3,(H,19,22)(H,20,21). The van der Waals surface area contributed by atoms with E-state index in [1.54, 1.807) is 26.8 Å². The lowest BCUT2D eigenvalue weighted by Crippen LogP contribution is -2.31. The van der Waals surface area contributed by atoms with E-state index in [4.69, 9.17) is 9.84 Å². The number of rotatable bonds is 6. The number of alkyl carbamates (subject to hydrolysis) is 1. The molecule has 1 aromatic carbocycles. The number of benzene rings is 1. The number of hydrogen-bond donors (Lipinski definition) is 2. The van der Waals surface area contributed by atoms with Gasteiger partial charge in [-0.3, -0.25) is 4.79 Å². The van der Waals surface area contributed by atoms with E-state index >= 15 is 0 Å². The smallest absolute Gasteiger partial charge is 0.407 e. The van der Waals surface area contributed by atoms with Crippen molar-refractivity contribution in [1.82, 2.24) is 5.32 Å². The van der Waals surface area contributed by atoms with Crippen LogP contribution in [0.3, 0.4) is 0 Å². The highest BCUT2D eigenvalue weighted by atomic mass is 32.2. The first-order valence-electron chi connectivity index (χ1n) is 8.09. The van der Waals surface area contributed by atoms with Gasteiger partial charge >= 0.3 is 12.1 Å². The van der Waals surface area contributed by atoms with Crippen LogP contribution in [0.4, 0.5) is 4.79 Å². The van der Waals surface area contributed by atoms with Crippen LogP contribution < -0.4 is 5.32 Å². The van der Waals surface area contributed by atoms with Crippen LogP contribution in [0, 0.1) is 0 Å². The molecule has 27 heavy (non-hydrogen) atoms. The average Bonchev–Trinajstić information content (AvgIpc) is 3.01. The minimum Gasteiger partial charge on any atom is -0.481 e. The molecule has 0 spiro atoms. The minimum atomic E-state index is -3.70. The maximum Gasteiger partial charge on any atom is 0.407 e. The quantitative estimate of drug-likeness (QED) is 0.755. The summed E-state index contributed by atoms with van der Waals surface area (Å²) >= 11 is 1.06. The third-order valence-corrected chi connectivity index (χ3v) is 6.64. The lowest BCUT2D eigenvalue weighted by Gasteiger charge is -2.19. The molecule has 9 heteroatoms. The molecular weight excluding hydrogens is 390 g/mol. The number of carbonyl (C=O) groups excluding carboxylic acids is 1. The van der Waals surface area contributed by atoms with E-state index in [0.717, 1.165) is 11.3 Å². The van der Waals surface area contributed by atoms with Crippen LogP contribution in [0.25, 0.3) is 0 Å². The molecule has 0 aliphatic rings. The third kappa shape index (κ3) is 6.07. The van der Waals surface area contributed by atoms with Gasteiger partial charge in [-0.1, -0.05) is 12.1 Å². The fraction of sp³-hybridized carbons (Fsp3) is 0.333. The number of thiophene rings is 1. The molecule has 1 amide bonds. The Kier molecular flexibility index (Phi) is 6.27. The van der Waals surface area contributed by atoms with Crippen LogP contribution in [0.2, 0.25) is 0 Å². The zero-order valence-electron chi connectivity index (χ0n) is 15.2. The number of nitrogens with one attached hydrogen (secondary N) is 1. The molecule has 0 bridgehead atoms. The maximum absolute atomic E-state index is 12.7. The normalized spacial score (nSPS) is 11.8. The molecule has 2 rings (SSSR count). The minimum absolute atomic E-state index is 0.0881. The Bertz CT molecular complexity index is 924. The lowest BCUT2D eigenvalue weighted by atomic mass is 10.2. The molecule has 1 aromatic heterocycles. The first-order chi connectivity index (χ1) is 12.5. The summed E-state index contributed by atoms with van der Waals surface area (Å²) in [5, 5.41) is 11.4. The maximum atomic E-state index is 12.7. The van der Waals surface area contributed by atoms with Crippen molar-refractivity contribution in [1.29, 1.82) is 0 Å². The Morgan fingerprint density at radius 3 is 2.30 bits per heavy atom. The SMILES string of the molecule is CC(C)(C)OC(=O)NCc1ccc(S(=O)(=O)c2ccc(CC(=O)O)cc2)s1. The topological polar surface area (TPSA) is 110 Å². The van der Waals surface area contributed by atoms with Crippen LogP contribution in [0.5, 0.6) is 0 Å². The number of sulfone groups is 1. The molecule has 0 unspecified atom stereocenters. The van der Waals surface area contributed by atoms with Crippen molar-refractivity contribution in [2.45, 2.75) is 48.4 Å². The van der Waals surface area contributed by atoms with Crippen LogP contribution in [0.1, 0.15) is 31.2 Å². The number of carbonyl (C=O) groups is 2. The predicted molar refractivity (Wildman–Crippen MR) is 101 cm³/mol. The molecule has 2 N–H and O–H groups in total. The van der Waals surface area contributed by atoms with E-state index in [1.807, 2.05) is 0 Å². The predicted octanol–water partition coefficient (Wildman–Crippen LogP) is 3.23. The van der Waals surface area contributed by atoms with Crippen molar-refractivity contribution in [3.63, 3.8) is 0 Å². The second-order valence-corrected chi connectivity index (χ2v) is 10.1. The number of aliphatic carboxylic acids is 1. The number of amides is 1. The van der Waals surface area contributed by atoms with Gasteiger partial charge in [0.15, 0.2) is 0 Å². The summed E-state index contributed by atoms with van der Waals surface area (Å²) in [6, 6.07) is 8.88. The summed E-state index contributed by atoms with van der Waals surface area (Å²) < 4.78 is 30.7. The molecule has 0 aliphatic heterocycles. The summed E-state index contributed by atoms with van der Waals surface area (Å²) in [5.41, 5.74) is -0.0872. The van der Waals surface area contributed by atoms with E-state index < -0.39 is 27.5 Å². The summed E-state index contributed by atoms with van der Waals surface area (Å²) in [6.45, 7) is 5.42. The average molecular weight is 412 g/mol. The molecule has 146 valence electrons. The van der Waals surface area contributed by atoms with Crippen LogP contribution >= 0.6 is 11.3 Å². The Morgan fingerprint density at radius 1 is 1.11 bits per heavy atom. The van der Waals surface area contributed by atoms with Crippen LogP contribution in [-0.2, 0) is 32.3 Å². The van der Waals surface area contributed by atoms with Gasteiger partial charge in [-0.05, 0) is 50.6 Å². The van der Waals surface area contributed by atoms with Crippen LogP contribution in [-0.4, -0.2) is 31.2 Å². The van der Waals surface area contributed by atoms with E-state index in [-0.39, 0.29) is 22.1 Å². The second kappa shape index (κ2) is 8.10. The zero-order chi connectivity index (χ0) is 20.2. The number of carboxylic acids is 1. The highest BCUT2D eigenvalue weighted by Gasteiger charge is 2.21. The van der Waals surface area contributed by atoms with E-state index in [0.29, 0.717) is 10.4 Å². The fourth-order valence-corrected chi connectivity index (χ4v) is 4.85. The Morgan fingerprint density at radius 2 is 1.74 bits per heavy atom. The van der Waals surface area contributed by atoms with Gasteiger partial charge in [0, 0.05) is 4.88 Å². The first-order valence-corrected chi connectivity index (χ1v) is 10.4. The van der Waals surface area contributed by atoms with Crippen molar-refractivity contribution < 1.29 is 27.9 Å². The van der Waals surface area contributed by atoms with Crippen LogP contribution in [0.15, 0.2) is 45.5 Å². The summed E-state index contributed by atoms with van der Waals surface area (Å²) in [4.78, 5) is 23.1. The fourth-order valence-electron chi connectivity index (χ4n) is 2.15.